The number of carbonyl (C=O) groups is 1. The minimum atomic E-state index is -3.10. The van der Waals surface area contributed by atoms with E-state index >= 15 is 0 Å². The van der Waals surface area contributed by atoms with Gasteiger partial charge in [-0.3, -0.25) is 4.79 Å². The summed E-state index contributed by atoms with van der Waals surface area (Å²) in [5, 5.41) is 2.64. The van der Waals surface area contributed by atoms with Crippen LogP contribution in [-0.4, -0.2) is 32.4 Å². The first kappa shape index (κ1) is 14.5. The van der Waals surface area contributed by atoms with Crippen LogP contribution in [0.2, 0.25) is 0 Å². The van der Waals surface area contributed by atoms with Gasteiger partial charge < -0.3 is 11.1 Å². The highest BCUT2D eigenvalue weighted by Crippen LogP contribution is 2.12. The van der Waals surface area contributed by atoms with Crippen LogP contribution in [0.25, 0.3) is 0 Å². The van der Waals surface area contributed by atoms with Crippen molar-refractivity contribution in [2.45, 2.75) is 19.9 Å². The molecular weight excluding hydrogens is 252 g/mol. The number of carbonyl (C=O) groups excluding carboxylic acids is 1. The van der Waals surface area contributed by atoms with Crippen molar-refractivity contribution in [1.82, 2.24) is 5.32 Å². The molecule has 0 bridgehead atoms. The Morgan fingerprint density at radius 1 is 1.44 bits per heavy atom. The lowest BCUT2D eigenvalue weighted by Crippen LogP contribution is -2.37. The molecule has 0 spiro atoms. The van der Waals surface area contributed by atoms with E-state index in [1.54, 1.807) is 25.1 Å². The van der Waals surface area contributed by atoms with Gasteiger partial charge in [-0.2, -0.15) is 0 Å². The topological polar surface area (TPSA) is 89.3 Å². The third kappa shape index (κ3) is 4.37. The molecule has 100 valence electrons. The van der Waals surface area contributed by atoms with Crippen molar-refractivity contribution in [1.29, 1.82) is 0 Å². The lowest BCUT2D eigenvalue weighted by Gasteiger charge is -2.13. The maximum Gasteiger partial charge on any atom is 0.251 e. The molecule has 1 amide bonds. The highest BCUT2D eigenvalue weighted by Gasteiger charge is 2.14. The Kier molecular flexibility index (Phi) is 4.34. The first-order valence-electron chi connectivity index (χ1n) is 5.54. The fraction of sp³-hybridized carbons (Fsp3) is 0.417. The molecule has 0 aliphatic rings. The van der Waals surface area contributed by atoms with Crippen molar-refractivity contribution >= 4 is 21.4 Å². The smallest absolute Gasteiger partial charge is 0.251 e. The molecule has 18 heavy (non-hydrogen) atoms. The number of aryl methyl sites for hydroxylation is 1. The molecule has 0 saturated heterocycles. The Balaban J connectivity index is 2.73. The highest BCUT2D eigenvalue weighted by molar-refractivity contribution is 7.90. The van der Waals surface area contributed by atoms with Crippen LogP contribution < -0.4 is 11.1 Å². The Hall–Kier alpha value is -1.56. The van der Waals surface area contributed by atoms with Gasteiger partial charge in [-0.1, -0.05) is 0 Å². The average molecular weight is 270 g/mol. The molecule has 1 unspecified atom stereocenters. The second-order valence-corrected chi connectivity index (χ2v) is 6.72. The number of rotatable bonds is 4. The Bertz CT molecular complexity index is 552. The normalized spacial score (nSPS) is 13.1. The van der Waals surface area contributed by atoms with Crippen LogP contribution in [0.1, 0.15) is 22.8 Å². The van der Waals surface area contributed by atoms with Crippen LogP contribution in [0.4, 0.5) is 5.69 Å². The molecule has 0 radical (unpaired) electrons. The van der Waals surface area contributed by atoms with E-state index in [0.717, 1.165) is 11.8 Å². The molecule has 6 heteroatoms. The Morgan fingerprint density at radius 2 is 2.06 bits per heavy atom. The van der Waals surface area contributed by atoms with E-state index in [4.69, 9.17) is 5.73 Å². The number of sulfone groups is 1. The van der Waals surface area contributed by atoms with Crippen molar-refractivity contribution < 1.29 is 13.2 Å². The first-order valence-corrected chi connectivity index (χ1v) is 7.60. The quantitative estimate of drug-likeness (QED) is 0.790. The lowest BCUT2D eigenvalue weighted by molar-refractivity contribution is 0.0943. The molecular formula is C12H18N2O3S. The zero-order chi connectivity index (χ0) is 13.9. The van der Waals surface area contributed by atoms with Gasteiger partial charge in [0.2, 0.25) is 0 Å². The summed E-state index contributed by atoms with van der Waals surface area (Å²) in [5.41, 5.74) is 7.58. The molecule has 0 aliphatic heterocycles. The van der Waals surface area contributed by atoms with E-state index in [-0.39, 0.29) is 11.7 Å². The number of nitrogen functional groups attached to an aromatic ring is 1. The zero-order valence-corrected chi connectivity index (χ0v) is 11.5. The van der Waals surface area contributed by atoms with E-state index in [9.17, 15) is 13.2 Å². The van der Waals surface area contributed by atoms with E-state index in [2.05, 4.69) is 5.32 Å². The molecule has 0 fully saturated rings. The molecule has 5 nitrogen and oxygen atoms in total. The highest BCUT2D eigenvalue weighted by atomic mass is 32.2. The van der Waals surface area contributed by atoms with E-state index in [1.165, 1.54) is 0 Å². The molecule has 1 aromatic carbocycles. The molecule has 1 aromatic rings. The Morgan fingerprint density at radius 3 is 2.56 bits per heavy atom. The molecule has 1 rings (SSSR count). The average Bonchev–Trinajstić information content (AvgIpc) is 2.18. The van der Waals surface area contributed by atoms with Gasteiger partial charge in [0.05, 0.1) is 5.75 Å². The van der Waals surface area contributed by atoms with Crippen molar-refractivity contribution in [3.05, 3.63) is 29.3 Å². The summed E-state index contributed by atoms with van der Waals surface area (Å²) in [6.07, 6.45) is 1.14. The predicted octanol–water partition coefficient (Wildman–Crippen LogP) is 0.740. The van der Waals surface area contributed by atoms with Crippen molar-refractivity contribution in [2.24, 2.45) is 0 Å². The molecule has 0 heterocycles. The number of hydrogen-bond donors (Lipinski definition) is 2. The predicted molar refractivity (Wildman–Crippen MR) is 72.2 cm³/mol. The minimum Gasteiger partial charge on any atom is -0.399 e. The SMILES string of the molecule is Cc1cc(C(=O)NC(C)CS(C)(=O)=O)ccc1N. The fourth-order valence-corrected chi connectivity index (χ4v) is 2.61. The van der Waals surface area contributed by atoms with Gasteiger partial charge in [0.15, 0.2) is 0 Å². The van der Waals surface area contributed by atoms with E-state index < -0.39 is 15.9 Å². The number of anilines is 1. The van der Waals surface area contributed by atoms with Crippen LogP contribution in [0, 0.1) is 6.92 Å². The molecule has 0 saturated carbocycles. The van der Waals surface area contributed by atoms with Gasteiger partial charge in [-0.05, 0) is 37.6 Å². The van der Waals surface area contributed by atoms with Crippen LogP contribution in [0.5, 0.6) is 0 Å². The maximum atomic E-state index is 11.9. The van der Waals surface area contributed by atoms with Crippen LogP contribution in [0.15, 0.2) is 18.2 Å². The summed E-state index contributed by atoms with van der Waals surface area (Å²) in [7, 11) is -3.10. The van der Waals surface area contributed by atoms with E-state index in [0.29, 0.717) is 11.3 Å². The summed E-state index contributed by atoms with van der Waals surface area (Å²) in [5.74, 6) is -0.374. The lowest BCUT2D eigenvalue weighted by atomic mass is 10.1. The molecule has 3 N–H and O–H groups in total. The molecule has 0 aliphatic carbocycles. The number of benzene rings is 1. The van der Waals surface area contributed by atoms with Crippen molar-refractivity contribution in [3.63, 3.8) is 0 Å². The summed E-state index contributed by atoms with van der Waals surface area (Å²) in [6.45, 7) is 3.47. The third-order valence-electron chi connectivity index (χ3n) is 2.46. The standard InChI is InChI=1S/C12H18N2O3S/c1-8-6-10(4-5-11(8)13)12(15)14-9(2)7-18(3,16)17/h4-6,9H,7,13H2,1-3H3,(H,14,15). The summed E-state index contributed by atoms with van der Waals surface area (Å²) in [4.78, 5) is 11.9. The minimum absolute atomic E-state index is 0.0767. The van der Waals surface area contributed by atoms with Gasteiger partial charge in [0, 0.05) is 23.5 Å². The first-order chi connectivity index (χ1) is 8.19. The van der Waals surface area contributed by atoms with Gasteiger partial charge in [0.25, 0.3) is 5.91 Å². The molecule has 1 atom stereocenters. The van der Waals surface area contributed by atoms with Crippen LogP contribution in [0.3, 0.4) is 0 Å². The van der Waals surface area contributed by atoms with Crippen molar-refractivity contribution in [2.75, 3.05) is 17.7 Å². The van der Waals surface area contributed by atoms with Gasteiger partial charge in [0.1, 0.15) is 9.84 Å². The second-order valence-electron chi connectivity index (χ2n) is 4.54. The summed E-state index contributed by atoms with van der Waals surface area (Å²) < 4.78 is 22.2. The van der Waals surface area contributed by atoms with Crippen LogP contribution in [-0.2, 0) is 9.84 Å². The second kappa shape index (κ2) is 5.39. The van der Waals surface area contributed by atoms with Crippen LogP contribution >= 0.6 is 0 Å². The number of nitrogens with two attached hydrogens (primary N) is 1. The number of amides is 1. The van der Waals surface area contributed by atoms with Gasteiger partial charge >= 0.3 is 0 Å². The number of nitrogens with one attached hydrogen (secondary N) is 1. The third-order valence-corrected chi connectivity index (χ3v) is 3.57. The Labute approximate surface area is 107 Å². The zero-order valence-electron chi connectivity index (χ0n) is 10.7. The van der Waals surface area contributed by atoms with Gasteiger partial charge in [-0.15, -0.1) is 0 Å². The largest absolute Gasteiger partial charge is 0.399 e. The summed E-state index contributed by atoms with van der Waals surface area (Å²) >= 11 is 0. The van der Waals surface area contributed by atoms with Gasteiger partial charge in [-0.25, -0.2) is 8.42 Å². The monoisotopic (exact) mass is 270 g/mol. The molecule has 0 aromatic heterocycles. The van der Waals surface area contributed by atoms with Crippen molar-refractivity contribution in [3.8, 4) is 0 Å². The summed E-state index contributed by atoms with van der Waals surface area (Å²) in [6, 6.07) is 4.53. The fourth-order valence-electron chi connectivity index (χ4n) is 1.62. The maximum absolute atomic E-state index is 11.9. The number of hydrogen-bond acceptors (Lipinski definition) is 4. The van der Waals surface area contributed by atoms with E-state index in [1.807, 2.05) is 6.92 Å².